The van der Waals surface area contributed by atoms with Crippen molar-refractivity contribution >= 4 is 29.2 Å². The largest absolute Gasteiger partial charge is 0.466 e. The fourth-order valence-corrected chi connectivity index (χ4v) is 3.00. The van der Waals surface area contributed by atoms with Crippen LogP contribution in [0.2, 0.25) is 10.0 Å². The minimum atomic E-state index is -0.446. The van der Waals surface area contributed by atoms with Crippen molar-refractivity contribution in [3.8, 4) is 0 Å². The number of piperidine rings is 1. The van der Waals surface area contributed by atoms with E-state index in [0.717, 1.165) is 31.5 Å². The highest BCUT2D eigenvalue weighted by atomic mass is 35.5. The monoisotopic (exact) mass is 315 g/mol. The van der Waals surface area contributed by atoms with Gasteiger partial charge in [0.15, 0.2) is 0 Å². The first-order valence-electron chi connectivity index (χ1n) is 6.89. The van der Waals surface area contributed by atoms with Crippen molar-refractivity contribution in [3.63, 3.8) is 0 Å². The van der Waals surface area contributed by atoms with E-state index in [1.807, 2.05) is 19.1 Å². The lowest BCUT2D eigenvalue weighted by Crippen LogP contribution is -2.44. The van der Waals surface area contributed by atoms with E-state index in [1.54, 1.807) is 6.07 Å². The molecular weight excluding hydrogens is 297 g/mol. The Hall–Kier alpha value is -0.770. The van der Waals surface area contributed by atoms with E-state index < -0.39 is 5.41 Å². The fraction of sp³-hybridized carbons (Fsp3) is 0.533. The van der Waals surface area contributed by atoms with Crippen molar-refractivity contribution in [3.05, 3.63) is 33.8 Å². The number of esters is 1. The van der Waals surface area contributed by atoms with E-state index in [9.17, 15) is 4.79 Å². The average molecular weight is 316 g/mol. The second kappa shape index (κ2) is 6.79. The molecular formula is C15H19Cl2NO2. The zero-order chi connectivity index (χ0) is 14.6. The lowest BCUT2D eigenvalue weighted by Gasteiger charge is -2.35. The van der Waals surface area contributed by atoms with Crippen molar-refractivity contribution in [2.24, 2.45) is 5.41 Å². The summed E-state index contributed by atoms with van der Waals surface area (Å²) in [5.74, 6) is -0.104. The van der Waals surface area contributed by atoms with Gasteiger partial charge in [-0.3, -0.25) is 4.79 Å². The number of ether oxygens (including phenoxy) is 1. The van der Waals surface area contributed by atoms with Crippen LogP contribution in [0, 0.1) is 5.41 Å². The van der Waals surface area contributed by atoms with Gasteiger partial charge in [0.2, 0.25) is 0 Å². The van der Waals surface area contributed by atoms with Crippen LogP contribution in [0.25, 0.3) is 0 Å². The van der Waals surface area contributed by atoms with Gasteiger partial charge in [0.25, 0.3) is 0 Å². The summed E-state index contributed by atoms with van der Waals surface area (Å²) in [5.41, 5.74) is 0.577. The predicted molar refractivity (Wildman–Crippen MR) is 81.3 cm³/mol. The number of halogens is 2. The van der Waals surface area contributed by atoms with Gasteiger partial charge >= 0.3 is 5.97 Å². The van der Waals surface area contributed by atoms with Gasteiger partial charge in [-0.2, -0.15) is 0 Å². The molecule has 20 heavy (non-hydrogen) atoms. The highest BCUT2D eigenvalue weighted by Crippen LogP contribution is 2.36. The Morgan fingerprint density at radius 2 is 2.00 bits per heavy atom. The topological polar surface area (TPSA) is 38.3 Å². The maximum atomic E-state index is 12.4. The van der Waals surface area contributed by atoms with Crippen LogP contribution in [0.15, 0.2) is 18.2 Å². The molecule has 1 fully saturated rings. The van der Waals surface area contributed by atoms with Gasteiger partial charge in [-0.1, -0.05) is 29.3 Å². The fourth-order valence-electron chi connectivity index (χ4n) is 2.68. The van der Waals surface area contributed by atoms with Gasteiger partial charge in [0, 0.05) is 0 Å². The highest BCUT2D eigenvalue weighted by Gasteiger charge is 2.40. The Bertz CT molecular complexity index is 485. The molecule has 0 spiro atoms. The number of rotatable bonds is 4. The van der Waals surface area contributed by atoms with Gasteiger partial charge in [0.1, 0.15) is 0 Å². The molecule has 1 N–H and O–H groups in total. The lowest BCUT2D eigenvalue weighted by molar-refractivity contribution is -0.157. The van der Waals surface area contributed by atoms with E-state index in [0.29, 0.717) is 23.1 Å². The van der Waals surface area contributed by atoms with Crippen LogP contribution in [0.3, 0.4) is 0 Å². The number of benzene rings is 1. The Morgan fingerprint density at radius 3 is 2.60 bits per heavy atom. The van der Waals surface area contributed by atoms with Gasteiger partial charge in [-0.15, -0.1) is 0 Å². The molecule has 0 radical (unpaired) electrons. The van der Waals surface area contributed by atoms with Crippen LogP contribution < -0.4 is 5.32 Å². The average Bonchev–Trinajstić information content (AvgIpc) is 2.44. The van der Waals surface area contributed by atoms with E-state index in [2.05, 4.69) is 5.32 Å². The third kappa shape index (κ3) is 3.46. The van der Waals surface area contributed by atoms with Crippen LogP contribution in [-0.2, 0) is 16.0 Å². The van der Waals surface area contributed by atoms with E-state index in [4.69, 9.17) is 27.9 Å². The number of hydrogen-bond acceptors (Lipinski definition) is 3. The Kier molecular flexibility index (Phi) is 5.30. The molecule has 0 aliphatic carbocycles. The van der Waals surface area contributed by atoms with Crippen molar-refractivity contribution in [2.45, 2.75) is 26.2 Å². The van der Waals surface area contributed by atoms with Crippen LogP contribution in [0.1, 0.15) is 25.3 Å². The molecule has 1 aromatic rings. The van der Waals surface area contributed by atoms with Crippen LogP contribution >= 0.6 is 23.2 Å². The van der Waals surface area contributed by atoms with Crippen LogP contribution in [0.4, 0.5) is 0 Å². The number of carbonyl (C=O) groups excluding carboxylic acids is 1. The molecule has 1 saturated heterocycles. The first kappa shape index (κ1) is 15.6. The molecule has 0 atom stereocenters. The SMILES string of the molecule is CCOC(=O)C1(Cc2ccc(Cl)c(Cl)c2)CCNCC1. The zero-order valence-corrected chi connectivity index (χ0v) is 13.1. The predicted octanol–water partition coefficient (Wildman–Crippen LogP) is 3.47. The molecule has 0 aromatic heterocycles. The number of nitrogens with one attached hydrogen (secondary N) is 1. The molecule has 0 saturated carbocycles. The molecule has 0 bridgehead atoms. The van der Waals surface area contributed by atoms with Crippen LogP contribution in [-0.4, -0.2) is 25.7 Å². The second-order valence-electron chi connectivity index (χ2n) is 5.18. The lowest BCUT2D eigenvalue weighted by atomic mass is 9.74. The maximum Gasteiger partial charge on any atom is 0.312 e. The van der Waals surface area contributed by atoms with Gasteiger partial charge < -0.3 is 10.1 Å². The number of carbonyl (C=O) groups is 1. The maximum absolute atomic E-state index is 12.4. The molecule has 1 heterocycles. The summed E-state index contributed by atoms with van der Waals surface area (Å²) in [7, 11) is 0. The summed E-state index contributed by atoms with van der Waals surface area (Å²) in [5, 5.41) is 4.35. The number of hydrogen-bond donors (Lipinski definition) is 1. The third-order valence-corrected chi connectivity index (χ3v) is 4.53. The molecule has 2 rings (SSSR count). The molecule has 0 amide bonds. The van der Waals surface area contributed by atoms with Crippen molar-refractivity contribution < 1.29 is 9.53 Å². The van der Waals surface area contributed by atoms with Crippen LogP contribution in [0.5, 0.6) is 0 Å². The minimum absolute atomic E-state index is 0.104. The summed E-state index contributed by atoms with van der Waals surface area (Å²) < 4.78 is 5.29. The van der Waals surface area contributed by atoms with E-state index >= 15 is 0 Å². The molecule has 5 heteroatoms. The van der Waals surface area contributed by atoms with Gasteiger partial charge in [-0.05, 0) is 57.0 Å². The smallest absolute Gasteiger partial charge is 0.312 e. The first-order chi connectivity index (χ1) is 9.57. The van der Waals surface area contributed by atoms with E-state index in [1.165, 1.54) is 0 Å². The third-order valence-electron chi connectivity index (χ3n) is 3.80. The Morgan fingerprint density at radius 1 is 1.30 bits per heavy atom. The quantitative estimate of drug-likeness (QED) is 0.865. The van der Waals surface area contributed by atoms with Gasteiger partial charge in [0.05, 0.1) is 22.1 Å². The van der Waals surface area contributed by atoms with Crippen molar-refractivity contribution in [1.29, 1.82) is 0 Å². The molecule has 110 valence electrons. The Balaban J connectivity index is 2.22. The highest BCUT2D eigenvalue weighted by molar-refractivity contribution is 6.42. The second-order valence-corrected chi connectivity index (χ2v) is 5.99. The van der Waals surface area contributed by atoms with Crippen molar-refractivity contribution in [1.82, 2.24) is 5.32 Å². The van der Waals surface area contributed by atoms with Crippen molar-refractivity contribution in [2.75, 3.05) is 19.7 Å². The zero-order valence-electron chi connectivity index (χ0n) is 11.5. The summed E-state index contributed by atoms with van der Waals surface area (Å²) in [4.78, 5) is 12.4. The molecule has 3 nitrogen and oxygen atoms in total. The van der Waals surface area contributed by atoms with Gasteiger partial charge in [-0.25, -0.2) is 0 Å². The summed E-state index contributed by atoms with van der Waals surface area (Å²) in [6.45, 7) is 3.92. The minimum Gasteiger partial charge on any atom is -0.466 e. The van der Waals surface area contributed by atoms with E-state index in [-0.39, 0.29) is 5.97 Å². The first-order valence-corrected chi connectivity index (χ1v) is 7.65. The summed E-state index contributed by atoms with van der Waals surface area (Å²) >= 11 is 12.0. The molecule has 1 aliphatic rings. The summed E-state index contributed by atoms with van der Waals surface area (Å²) in [6.07, 6.45) is 2.21. The normalized spacial score (nSPS) is 17.8. The molecule has 1 aliphatic heterocycles. The molecule has 0 unspecified atom stereocenters. The Labute approximate surface area is 129 Å². The molecule has 1 aromatic carbocycles. The standard InChI is InChI=1S/C15H19Cl2NO2/c1-2-20-14(19)15(5-7-18-8-6-15)10-11-3-4-12(16)13(17)9-11/h3-4,9,18H,2,5-8,10H2,1H3. The summed E-state index contributed by atoms with van der Waals surface area (Å²) in [6, 6.07) is 5.54.